The number of hydrogen-bond acceptors (Lipinski definition) is 4. The van der Waals surface area contributed by atoms with Crippen LogP contribution in [0.4, 0.5) is 5.69 Å². The second kappa shape index (κ2) is 7.43. The topological polar surface area (TPSA) is 49.9 Å². The van der Waals surface area contributed by atoms with Crippen molar-refractivity contribution >= 4 is 27.3 Å². The number of anilines is 1. The van der Waals surface area contributed by atoms with Crippen LogP contribution in [0.15, 0.2) is 47.4 Å². The predicted molar refractivity (Wildman–Crippen MR) is 107 cm³/mol. The van der Waals surface area contributed by atoms with Gasteiger partial charge in [-0.25, -0.2) is 8.42 Å². The van der Waals surface area contributed by atoms with Gasteiger partial charge in [0.2, 0.25) is 10.0 Å². The van der Waals surface area contributed by atoms with Gasteiger partial charge >= 0.3 is 0 Å². The highest BCUT2D eigenvalue weighted by molar-refractivity contribution is 7.89. The van der Waals surface area contributed by atoms with Gasteiger partial charge < -0.3 is 9.64 Å². The standard InChI is InChI=1S/C20H23ClN2O3S/c1-15-2-7-20-16(12-15)13-26-14-23(20)18-8-10-22(11-9-18)27(24,25)19-5-3-17(21)4-6-19/h2-7,12,18H,8-11,13-14H2,1H3. The minimum atomic E-state index is -3.47. The van der Waals surface area contributed by atoms with Crippen molar-refractivity contribution in [3.05, 3.63) is 58.6 Å². The second-order valence-electron chi connectivity index (χ2n) is 7.17. The van der Waals surface area contributed by atoms with E-state index in [1.54, 1.807) is 28.6 Å². The Labute approximate surface area is 165 Å². The molecule has 2 aliphatic rings. The van der Waals surface area contributed by atoms with Crippen LogP contribution in [-0.4, -0.2) is 38.6 Å². The third kappa shape index (κ3) is 3.72. The van der Waals surface area contributed by atoms with Crippen molar-refractivity contribution in [2.75, 3.05) is 24.7 Å². The van der Waals surface area contributed by atoms with Gasteiger partial charge in [-0.1, -0.05) is 29.3 Å². The van der Waals surface area contributed by atoms with Crippen LogP contribution in [0.2, 0.25) is 5.02 Å². The Morgan fingerprint density at radius 3 is 2.48 bits per heavy atom. The first kappa shape index (κ1) is 18.7. The summed E-state index contributed by atoms with van der Waals surface area (Å²) in [5, 5.41) is 0.534. The van der Waals surface area contributed by atoms with E-state index in [1.165, 1.54) is 16.8 Å². The predicted octanol–water partition coefficient (Wildman–Crippen LogP) is 3.80. The summed E-state index contributed by atoms with van der Waals surface area (Å²) in [5.41, 5.74) is 3.64. The van der Waals surface area contributed by atoms with Crippen LogP contribution >= 0.6 is 11.6 Å². The van der Waals surface area contributed by atoms with Crippen LogP contribution in [0.1, 0.15) is 24.0 Å². The molecule has 1 fully saturated rings. The van der Waals surface area contributed by atoms with Gasteiger partial charge in [-0.2, -0.15) is 4.31 Å². The quantitative estimate of drug-likeness (QED) is 0.778. The SMILES string of the molecule is Cc1ccc2c(c1)COCN2C1CCN(S(=O)(=O)c2ccc(Cl)cc2)CC1. The summed E-state index contributed by atoms with van der Waals surface area (Å²) < 4.78 is 33.1. The van der Waals surface area contributed by atoms with Gasteiger partial charge in [0.15, 0.2) is 0 Å². The number of sulfonamides is 1. The van der Waals surface area contributed by atoms with Crippen molar-refractivity contribution in [3.8, 4) is 0 Å². The van der Waals surface area contributed by atoms with E-state index in [9.17, 15) is 8.42 Å². The molecule has 0 bridgehead atoms. The lowest BCUT2D eigenvalue weighted by Crippen LogP contribution is -2.48. The Kier molecular flexibility index (Phi) is 5.16. The number of nitrogens with zero attached hydrogens (tertiary/aromatic N) is 2. The van der Waals surface area contributed by atoms with Gasteiger partial charge in [-0.15, -0.1) is 0 Å². The highest BCUT2D eigenvalue weighted by atomic mass is 35.5. The van der Waals surface area contributed by atoms with E-state index >= 15 is 0 Å². The number of hydrogen-bond donors (Lipinski definition) is 0. The average molecular weight is 407 g/mol. The molecule has 0 radical (unpaired) electrons. The molecule has 2 aromatic carbocycles. The first-order chi connectivity index (χ1) is 12.9. The Bertz CT molecular complexity index is 923. The normalized spacial score (nSPS) is 19.1. The van der Waals surface area contributed by atoms with Gasteiger partial charge in [-0.3, -0.25) is 0 Å². The maximum Gasteiger partial charge on any atom is 0.243 e. The van der Waals surface area contributed by atoms with Crippen molar-refractivity contribution in [1.82, 2.24) is 4.31 Å². The maximum atomic E-state index is 12.9. The molecule has 0 unspecified atom stereocenters. The van der Waals surface area contributed by atoms with Crippen molar-refractivity contribution in [1.29, 1.82) is 0 Å². The smallest absolute Gasteiger partial charge is 0.243 e. The van der Waals surface area contributed by atoms with Crippen LogP contribution < -0.4 is 4.90 Å². The van der Waals surface area contributed by atoms with Gasteiger partial charge in [0.25, 0.3) is 0 Å². The van der Waals surface area contributed by atoms with Crippen LogP contribution in [0.25, 0.3) is 0 Å². The van der Waals surface area contributed by atoms with Gasteiger partial charge in [0.05, 0.1) is 11.5 Å². The summed E-state index contributed by atoms with van der Waals surface area (Å²) in [6, 6.07) is 13.1. The fourth-order valence-electron chi connectivity index (χ4n) is 3.89. The summed E-state index contributed by atoms with van der Waals surface area (Å²) in [6.45, 7) is 4.29. The largest absolute Gasteiger partial charge is 0.356 e. The molecule has 0 atom stereocenters. The van der Waals surface area contributed by atoms with Crippen LogP contribution in [-0.2, 0) is 21.4 Å². The Morgan fingerprint density at radius 1 is 1.07 bits per heavy atom. The number of piperidine rings is 1. The number of halogens is 1. The van der Waals surface area contributed by atoms with E-state index in [0.29, 0.717) is 36.3 Å². The van der Waals surface area contributed by atoms with E-state index in [-0.39, 0.29) is 6.04 Å². The molecule has 0 saturated carbocycles. The van der Waals surface area contributed by atoms with Crippen molar-refractivity contribution in [3.63, 3.8) is 0 Å². The average Bonchev–Trinajstić information content (AvgIpc) is 2.68. The molecule has 2 aliphatic heterocycles. The molecule has 5 nitrogen and oxygen atoms in total. The molecule has 0 aliphatic carbocycles. The van der Waals surface area contributed by atoms with Gasteiger partial charge in [-0.05, 0) is 50.1 Å². The molecule has 0 amide bonds. The monoisotopic (exact) mass is 406 g/mol. The number of rotatable bonds is 3. The number of aryl methyl sites for hydroxylation is 1. The number of ether oxygens (including phenoxy) is 1. The minimum absolute atomic E-state index is 0.281. The number of fused-ring (bicyclic) bond motifs is 1. The molecule has 4 rings (SSSR count). The van der Waals surface area contributed by atoms with Crippen LogP contribution in [0, 0.1) is 6.92 Å². The fourth-order valence-corrected chi connectivity index (χ4v) is 5.48. The van der Waals surface area contributed by atoms with Gasteiger partial charge in [0.1, 0.15) is 6.73 Å². The molecule has 2 aromatic rings. The molecule has 0 aromatic heterocycles. The zero-order chi connectivity index (χ0) is 19.0. The molecule has 0 spiro atoms. The maximum absolute atomic E-state index is 12.9. The Morgan fingerprint density at radius 2 is 1.78 bits per heavy atom. The van der Waals surface area contributed by atoms with E-state index in [1.807, 2.05) is 0 Å². The third-order valence-electron chi connectivity index (χ3n) is 5.35. The lowest BCUT2D eigenvalue weighted by molar-refractivity contribution is 0.0987. The summed E-state index contributed by atoms with van der Waals surface area (Å²) in [6.07, 6.45) is 1.56. The van der Waals surface area contributed by atoms with Crippen molar-refractivity contribution < 1.29 is 13.2 Å². The molecule has 144 valence electrons. The zero-order valence-corrected chi connectivity index (χ0v) is 16.8. The zero-order valence-electron chi connectivity index (χ0n) is 15.3. The Hall–Kier alpha value is -1.60. The highest BCUT2D eigenvalue weighted by Gasteiger charge is 2.33. The van der Waals surface area contributed by atoms with Crippen molar-refractivity contribution in [2.45, 2.75) is 37.3 Å². The summed E-state index contributed by atoms with van der Waals surface area (Å²) in [4.78, 5) is 2.58. The summed E-state index contributed by atoms with van der Waals surface area (Å²) >= 11 is 5.88. The Balaban J connectivity index is 1.48. The van der Waals surface area contributed by atoms with Crippen LogP contribution in [0.5, 0.6) is 0 Å². The summed E-state index contributed by atoms with van der Waals surface area (Å²) in [5.74, 6) is 0. The highest BCUT2D eigenvalue weighted by Crippen LogP contribution is 2.32. The minimum Gasteiger partial charge on any atom is -0.356 e. The van der Waals surface area contributed by atoms with E-state index < -0.39 is 10.0 Å². The second-order valence-corrected chi connectivity index (χ2v) is 9.54. The molecule has 2 heterocycles. The van der Waals surface area contributed by atoms with E-state index in [0.717, 1.165) is 12.8 Å². The van der Waals surface area contributed by atoms with E-state index in [4.69, 9.17) is 16.3 Å². The lowest BCUT2D eigenvalue weighted by atomic mass is 10.0. The molecule has 1 saturated heterocycles. The first-order valence-corrected chi connectivity index (χ1v) is 11.0. The van der Waals surface area contributed by atoms with Crippen LogP contribution in [0.3, 0.4) is 0 Å². The molecule has 7 heteroatoms. The molecule has 27 heavy (non-hydrogen) atoms. The third-order valence-corrected chi connectivity index (χ3v) is 7.51. The summed E-state index contributed by atoms with van der Waals surface area (Å²) in [7, 11) is -3.47. The fraction of sp³-hybridized carbons (Fsp3) is 0.400. The van der Waals surface area contributed by atoms with Gasteiger partial charge in [0, 0.05) is 35.4 Å². The lowest BCUT2D eigenvalue weighted by Gasteiger charge is -2.41. The molecular weight excluding hydrogens is 384 g/mol. The van der Waals surface area contributed by atoms with E-state index in [2.05, 4.69) is 30.0 Å². The number of benzene rings is 2. The van der Waals surface area contributed by atoms with Crippen molar-refractivity contribution in [2.24, 2.45) is 0 Å². The molecular formula is C20H23ClN2O3S. The first-order valence-electron chi connectivity index (χ1n) is 9.15. The molecule has 0 N–H and O–H groups in total.